The molecule has 0 bridgehead atoms. The normalized spacial score (nSPS) is 21.0. The molecule has 2 fully saturated rings. The first kappa shape index (κ1) is 14.7. The van der Waals surface area contributed by atoms with E-state index in [1.54, 1.807) is 0 Å². The summed E-state index contributed by atoms with van der Waals surface area (Å²) in [5.41, 5.74) is 8.34. The second-order valence-electron chi connectivity index (χ2n) is 6.79. The highest BCUT2D eigenvalue weighted by molar-refractivity contribution is 5.79. The number of rotatable bonds is 2. The van der Waals surface area contributed by atoms with Crippen LogP contribution in [0.3, 0.4) is 0 Å². The van der Waals surface area contributed by atoms with E-state index in [0.29, 0.717) is 0 Å². The van der Waals surface area contributed by atoms with Gasteiger partial charge in [0.25, 0.3) is 0 Å². The minimum Gasteiger partial charge on any atom is -0.399 e. The number of hydrogen-bond acceptors (Lipinski definition) is 5. The number of hydrogen-bond donors (Lipinski definition) is 1. The van der Waals surface area contributed by atoms with Crippen LogP contribution in [0.25, 0.3) is 11.0 Å². The average molecular weight is 311 g/mol. The highest BCUT2D eigenvalue weighted by Crippen LogP contribution is 2.24. The van der Waals surface area contributed by atoms with Gasteiger partial charge >= 0.3 is 0 Å². The van der Waals surface area contributed by atoms with Crippen LogP contribution in [-0.2, 0) is 0 Å². The first-order valence-electron chi connectivity index (χ1n) is 8.81. The van der Waals surface area contributed by atoms with Gasteiger partial charge in [-0.3, -0.25) is 4.98 Å². The summed E-state index contributed by atoms with van der Waals surface area (Å²) < 4.78 is 0. The fourth-order valence-corrected chi connectivity index (χ4v) is 3.91. The smallest absolute Gasteiger partial charge is 0.147 e. The van der Waals surface area contributed by atoms with Crippen molar-refractivity contribution in [1.29, 1.82) is 0 Å². The maximum absolute atomic E-state index is 5.81. The summed E-state index contributed by atoms with van der Waals surface area (Å²) in [5, 5.41) is 0. The number of nitrogens with two attached hydrogens (primary N) is 1. The summed E-state index contributed by atoms with van der Waals surface area (Å²) in [6.07, 6.45) is 8.53. The van der Waals surface area contributed by atoms with Crippen molar-refractivity contribution in [3.63, 3.8) is 0 Å². The topological polar surface area (TPSA) is 58.3 Å². The second kappa shape index (κ2) is 6.32. The molecule has 0 radical (unpaired) electrons. The number of anilines is 2. The van der Waals surface area contributed by atoms with E-state index in [2.05, 4.69) is 14.8 Å². The van der Waals surface area contributed by atoms with Gasteiger partial charge in [0.1, 0.15) is 5.82 Å². The first-order valence-corrected chi connectivity index (χ1v) is 8.81. The van der Waals surface area contributed by atoms with Crippen molar-refractivity contribution in [2.75, 3.05) is 36.8 Å². The molecule has 0 aliphatic carbocycles. The van der Waals surface area contributed by atoms with E-state index in [1.165, 1.54) is 45.2 Å². The Morgan fingerprint density at radius 3 is 2.52 bits per heavy atom. The van der Waals surface area contributed by atoms with Gasteiger partial charge in [-0.05, 0) is 57.0 Å². The Morgan fingerprint density at radius 2 is 1.74 bits per heavy atom. The zero-order valence-corrected chi connectivity index (χ0v) is 13.6. The molecule has 0 saturated carbocycles. The van der Waals surface area contributed by atoms with Crippen LogP contribution in [0, 0.1) is 0 Å². The molecule has 5 heteroatoms. The van der Waals surface area contributed by atoms with Crippen LogP contribution >= 0.6 is 0 Å². The number of aromatic nitrogens is 2. The lowest BCUT2D eigenvalue weighted by atomic mass is 10.00. The van der Waals surface area contributed by atoms with Crippen LogP contribution in [0.2, 0.25) is 0 Å². The number of fused-ring (bicyclic) bond motifs is 1. The Morgan fingerprint density at radius 1 is 0.957 bits per heavy atom. The lowest BCUT2D eigenvalue weighted by Gasteiger charge is -2.40. The predicted octanol–water partition coefficient (Wildman–Crippen LogP) is 2.67. The Hall–Kier alpha value is -1.88. The molecule has 4 rings (SSSR count). The van der Waals surface area contributed by atoms with Crippen LogP contribution in [0.1, 0.15) is 32.1 Å². The Bertz CT molecular complexity index is 672. The van der Waals surface area contributed by atoms with Crippen molar-refractivity contribution in [1.82, 2.24) is 14.9 Å². The van der Waals surface area contributed by atoms with Crippen molar-refractivity contribution < 1.29 is 0 Å². The van der Waals surface area contributed by atoms with E-state index in [9.17, 15) is 0 Å². The van der Waals surface area contributed by atoms with Gasteiger partial charge in [0, 0.05) is 24.8 Å². The van der Waals surface area contributed by atoms with E-state index in [1.807, 2.05) is 24.4 Å². The maximum atomic E-state index is 5.81. The Kier molecular flexibility index (Phi) is 4.04. The number of likely N-dealkylation sites (tertiary alicyclic amines) is 1. The second-order valence-corrected chi connectivity index (χ2v) is 6.79. The lowest BCUT2D eigenvalue weighted by Crippen LogP contribution is -2.46. The summed E-state index contributed by atoms with van der Waals surface area (Å²) in [7, 11) is 0. The highest BCUT2D eigenvalue weighted by Gasteiger charge is 2.26. The van der Waals surface area contributed by atoms with Crippen LogP contribution in [-0.4, -0.2) is 47.1 Å². The third kappa shape index (κ3) is 3.11. The predicted molar refractivity (Wildman–Crippen MR) is 94.6 cm³/mol. The molecule has 2 saturated heterocycles. The molecule has 0 atom stereocenters. The van der Waals surface area contributed by atoms with Crippen LogP contribution in [0.15, 0.2) is 24.4 Å². The quantitative estimate of drug-likeness (QED) is 0.864. The van der Waals surface area contributed by atoms with E-state index in [0.717, 1.165) is 41.7 Å². The largest absolute Gasteiger partial charge is 0.399 e. The molecule has 0 spiro atoms. The zero-order chi connectivity index (χ0) is 15.6. The van der Waals surface area contributed by atoms with Crippen molar-refractivity contribution in [2.45, 2.75) is 38.1 Å². The lowest BCUT2D eigenvalue weighted by molar-refractivity contribution is 0.141. The van der Waals surface area contributed by atoms with Crippen LogP contribution in [0.5, 0.6) is 0 Å². The van der Waals surface area contributed by atoms with E-state index in [-0.39, 0.29) is 0 Å². The van der Waals surface area contributed by atoms with Crippen molar-refractivity contribution in [2.24, 2.45) is 0 Å². The molecule has 2 N–H and O–H groups in total. The molecule has 0 unspecified atom stereocenters. The maximum Gasteiger partial charge on any atom is 0.147 e. The van der Waals surface area contributed by atoms with Gasteiger partial charge in [-0.25, -0.2) is 4.98 Å². The van der Waals surface area contributed by atoms with Gasteiger partial charge in [0.2, 0.25) is 0 Å². The minimum atomic E-state index is 0.738. The van der Waals surface area contributed by atoms with Gasteiger partial charge in [-0.15, -0.1) is 0 Å². The molecule has 2 aliphatic rings. The Balaban J connectivity index is 1.44. The number of benzene rings is 1. The van der Waals surface area contributed by atoms with Crippen LogP contribution < -0.4 is 10.6 Å². The highest BCUT2D eigenvalue weighted by atomic mass is 15.2. The van der Waals surface area contributed by atoms with Gasteiger partial charge in [0.15, 0.2) is 0 Å². The number of nitrogens with zero attached hydrogens (tertiary/aromatic N) is 4. The molecule has 23 heavy (non-hydrogen) atoms. The molecule has 122 valence electrons. The monoisotopic (exact) mass is 311 g/mol. The summed E-state index contributed by atoms with van der Waals surface area (Å²) in [6.45, 7) is 4.75. The fourth-order valence-electron chi connectivity index (χ4n) is 3.91. The van der Waals surface area contributed by atoms with Gasteiger partial charge < -0.3 is 15.5 Å². The van der Waals surface area contributed by atoms with Crippen LogP contribution in [0.4, 0.5) is 11.5 Å². The van der Waals surface area contributed by atoms with E-state index in [4.69, 9.17) is 10.7 Å². The summed E-state index contributed by atoms with van der Waals surface area (Å²) in [4.78, 5) is 14.4. The Labute approximate surface area is 137 Å². The van der Waals surface area contributed by atoms with Crippen molar-refractivity contribution in [3.8, 4) is 0 Å². The van der Waals surface area contributed by atoms with Gasteiger partial charge in [-0.2, -0.15) is 0 Å². The molecular weight excluding hydrogens is 286 g/mol. The summed E-state index contributed by atoms with van der Waals surface area (Å²) >= 11 is 0. The SMILES string of the molecule is Nc1ccc2nc(N3CCC(N4CCCCC4)CC3)cnc2c1. The molecule has 5 nitrogen and oxygen atoms in total. The van der Waals surface area contributed by atoms with Gasteiger partial charge in [0.05, 0.1) is 17.2 Å². The molecule has 0 amide bonds. The van der Waals surface area contributed by atoms with E-state index < -0.39 is 0 Å². The molecular formula is C18H25N5. The zero-order valence-electron chi connectivity index (χ0n) is 13.6. The molecule has 1 aromatic heterocycles. The molecule has 3 heterocycles. The first-order chi connectivity index (χ1) is 11.3. The number of nitrogen functional groups attached to an aromatic ring is 1. The average Bonchev–Trinajstić information content (AvgIpc) is 2.62. The van der Waals surface area contributed by atoms with E-state index >= 15 is 0 Å². The van der Waals surface area contributed by atoms with Crippen molar-refractivity contribution in [3.05, 3.63) is 24.4 Å². The fraction of sp³-hybridized carbons (Fsp3) is 0.556. The van der Waals surface area contributed by atoms with Gasteiger partial charge in [-0.1, -0.05) is 6.42 Å². The summed E-state index contributed by atoms with van der Waals surface area (Å²) in [6, 6.07) is 6.50. The minimum absolute atomic E-state index is 0.738. The number of piperidine rings is 2. The molecule has 2 aliphatic heterocycles. The third-order valence-electron chi connectivity index (χ3n) is 5.25. The summed E-state index contributed by atoms with van der Waals surface area (Å²) in [5.74, 6) is 0.999. The standard InChI is InChI=1S/C18H25N5/c19-14-4-5-16-17(12-14)20-13-18(21-16)23-10-6-15(7-11-23)22-8-2-1-3-9-22/h4-5,12-13,15H,1-3,6-11,19H2. The van der Waals surface area contributed by atoms with Crippen molar-refractivity contribution >= 4 is 22.5 Å². The molecule has 2 aromatic rings. The molecule has 1 aromatic carbocycles. The third-order valence-corrected chi connectivity index (χ3v) is 5.25.